The maximum atomic E-state index is 14.2. The van der Waals surface area contributed by atoms with Crippen molar-refractivity contribution in [1.29, 1.82) is 0 Å². The molecule has 54 heteroatoms. The molecule has 0 saturated carbocycles. The quantitative estimate of drug-likeness (QED) is 0.0124. The predicted molar refractivity (Wildman–Crippen MR) is 342 cm³/mol. The molecule has 5 N–H and O–H groups in total. The van der Waals surface area contributed by atoms with Crippen molar-refractivity contribution in [3.05, 3.63) is 103 Å². The molecule has 12 unspecified atom stereocenters. The molecule has 101 heavy (non-hydrogen) atoms. The van der Waals surface area contributed by atoms with Crippen molar-refractivity contribution >= 4 is 103 Å². The van der Waals surface area contributed by atoms with Crippen molar-refractivity contribution in [3.8, 4) is 0 Å². The maximum absolute atomic E-state index is 14.2. The fourth-order valence-electron chi connectivity index (χ4n) is 11.8. The molecule has 7 rings (SSSR count). The van der Waals surface area contributed by atoms with Crippen LogP contribution in [0.3, 0.4) is 0 Å². The van der Waals surface area contributed by atoms with Crippen molar-refractivity contribution in [2.45, 2.75) is 181 Å². The predicted octanol–water partition coefficient (Wildman–Crippen LogP) is 1.47. The Hall–Kier alpha value is -4.49. The Morgan fingerprint density at radius 3 is 1.47 bits per heavy atom. The van der Waals surface area contributed by atoms with Gasteiger partial charge in [-0.05, 0) is 17.7 Å². The van der Waals surface area contributed by atoms with Crippen LogP contribution in [0.2, 0.25) is 0 Å². The average Bonchev–Trinajstić information content (AvgIpc) is 0.764. The van der Waals surface area contributed by atoms with Crippen LogP contribution in [0, 0.1) is 11.8 Å². The van der Waals surface area contributed by atoms with Gasteiger partial charge in [0, 0.05) is 4.91 Å². The van der Waals surface area contributed by atoms with E-state index in [2.05, 4.69) is 38.4 Å². The molecule has 0 amide bonds. The third-order valence-electron chi connectivity index (χ3n) is 16.1. The molecule has 554 valence electrons. The minimum atomic E-state index is -5.93. The fourth-order valence-corrected chi connectivity index (χ4v) is 16.3. The van der Waals surface area contributed by atoms with Gasteiger partial charge in [0.1, 0.15) is 12.2 Å². The number of esters is 1. The molecule has 5 saturated heterocycles. The first-order chi connectivity index (χ1) is 47.5. The van der Waals surface area contributed by atoms with E-state index in [4.69, 9.17) is 64.7 Å². The van der Waals surface area contributed by atoms with Crippen molar-refractivity contribution in [1.82, 2.24) is 0 Å². The Labute approximate surface area is 583 Å². The van der Waals surface area contributed by atoms with Crippen molar-refractivity contribution < 1.29 is 152 Å². The van der Waals surface area contributed by atoms with E-state index in [0.29, 0.717) is 19.6 Å². The second-order valence-electron chi connectivity index (χ2n) is 22.7. The first-order valence-electron chi connectivity index (χ1n) is 29.6. The van der Waals surface area contributed by atoms with Gasteiger partial charge < -0.3 is 0 Å². The topological polar surface area (TPSA) is 617 Å². The van der Waals surface area contributed by atoms with Gasteiger partial charge in [-0.2, -0.15) is 16.8 Å². The number of hydrogen-bond acceptors (Lipinski definition) is 32. The molecule has 0 aromatic heterocycles. The van der Waals surface area contributed by atoms with Crippen LogP contribution in [-0.4, -0.2) is 259 Å². The van der Waals surface area contributed by atoms with E-state index in [1.165, 1.54) is 71.0 Å². The van der Waals surface area contributed by atoms with Crippen LogP contribution in [0.4, 0.5) is 0 Å². The van der Waals surface area contributed by atoms with Crippen LogP contribution in [0.25, 0.3) is 31.3 Å². The van der Waals surface area contributed by atoms with Crippen LogP contribution < -0.4 is 0 Å². The Balaban J connectivity index is 1.32. The first kappa shape index (κ1) is 83.8. The van der Waals surface area contributed by atoms with E-state index >= 15 is 0 Å². The Morgan fingerprint density at radius 1 is 0.475 bits per heavy atom. The molecular formula is C47H65B4N9O34P2S5. The SMILES string of the molecule is CC1O[C@@H](O[C@@H]2C(COS(=O)(=O)O)O[C@@H](O[C@@H]3C(C)O[C@@H](O[C@@H]4C(COS(=O)(=O)O)O[C@@H](C)C(N=[N+]=[N-])[C@H]4P[B]B=O)C(OS(=O)(=O)O)[C@@H]3OCc3ccccc3)C(N=[N+]=[N-])[C@H]2OS(=O)(=O)O)C(OC(=O)c2ccccc2)[C@@H](C)[C@@H]1O[C@@H]1OC(COS(=O)(=O)O)[C@@H](C)[C@H](P[B]B=O)C1N=[N+]=[N-]. The molecule has 43 nitrogen and oxygen atoms in total. The fraction of sp³-hybridized carbons (Fsp3) is 0.723. The third kappa shape index (κ3) is 24.3. The molecule has 2 aromatic rings. The number of hydrogen-bond donors (Lipinski definition) is 5. The average molecular weight is 1570 g/mol. The summed E-state index contributed by atoms with van der Waals surface area (Å²) in [6.07, 6.45) is -34.7. The number of benzene rings is 2. The van der Waals surface area contributed by atoms with Crippen LogP contribution in [0.15, 0.2) is 76.0 Å². The van der Waals surface area contributed by atoms with Gasteiger partial charge in [-0.3, -0.25) is 9.11 Å². The van der Waals surface area contributed by atoms with Gasteiger partial charge in [0.2, 0.25) is 0 Å². The third-order valence-corrected chi connectivity index (χ3v) is 21.3. The monoisotopic (exact) mass is 1570 g/mol. The van der Waals surface area contributed by atoms with Gasteiger partial charge in [-0.25, -0.2) is 8.37 Å². The summed E-state index contributed by atoms with van der Waals surface area (Å²) in [5.74, 6) is -3.22. The number of ether oxygens (including phenoxy) is 11. The van der Waals surface area contributed by atoms with Gasteiger partial charge in [-0.15, -0.1) is 0 Å². The van der Waals surface area contributed by atoms with Crippen molar-refractivity contribution in [2.24, 2.45) is 27.2 Å². The summed E-state index contributed by atoms with van der Waals surface area (Å²) in [5, 5.41) is 11.3. The molecular weight excluding hydrogens is 1500 g/mol. The Morgan fingerprint density at radius 2 is 0.921 bits per heavy atom. The summed E-state index contributed by atoms with van der Waals surface area (Å²) in [7, 11) is -28.0. The summed E-state index contributed by atoms with van der Waals surface area (Å²) >= 11 is 0. The number of nitrogens with zero attached hydrogens (tertiary/aromatic N) is 9. The van der Waals surface area contributed by atoms with E-state index in [-0.39, 0.29) is 5.56 Å². The van der Waals surface area contributed by atoms with Crippen molar-refractivity contribution in [2.75, 3.05) is 19.8 Å². The summed E-state index contributed by atoms with van der Waals surface area (Å²) in [5.41, 5.74) is 27.8. The van der Waals surface area contributed by atoms with Crippen molar-refractivity contribution in [3.63, 3.8) is 0 Å². The van der Waals surface area contributed by atoms with Gasteiger partial charge >= 0.3 is 469 Å². The summed E-state index contributed by atoms with van der Waals surface area (Å²) in [4.78, 5) is 22.7. The van der Waals surface area contributed by atoms with E-state index in [9.17, 15) is 95.7 Å². The molecule has 5 heterocycles. The van der Waals surface area contributed by atoms with Crippen LogP contribution in [-0.2, 0) is 141 Å². The van der Waals surface area contributed by atoms with E-state index < -0.39 is 253 Å². The molecule has 5 aliphatic rings. The zero-order valence-electron chi connectivity index (χ0n) is 53.0. The Bertz CT molecular complexity index is 3900. The Kier molecular flexibility index (Phi) is 30.8. The van der Waals surface area contributed by atoms with Crippen LogP contribution in [0.5, 0.6) is 0 Å². The first-order valence-corrected chi connectivity index (χ1v) is 38.8. The zero-order chi connectivity index (χ0) is 74.4. The summed E-state index contributed by atoms with van der Waals surface area (Å²) in [6, 6.07) is 9.74. The second-order valence-corrected chi connectivity index (χ2v) is 30.7. The molecule has 0 bridgehead atoms. The molecule has 5 fully saturated rings. The molecule has 5 aliphatic heterocycles. The van der Waals surface area contributed by atoms with Gasteiger partial charge in [-0.1, -0.05) is 41.5 Å². The van der Waals surface area contributed by atoms with E-state index in [1.807, 2.05) is 0 Å². The molecule has 27 atom stereocenters. The van der Waals surface area contributed by atoms with E-state index in [1.54, 1.807) is 31.2 Å². The molecule has 0 spiro atoms. The number of rotatable bonds is 35. The van der Waals surface area contributed by atoms with E-state index in [0.717, 1.165) is 6.89 Å². The molecule has 0 aliphatic carbocycles. The summed E-state index contributed by atoms with van der Waals surface area (Å²) in [6.45, 7) is 5.10. The van der Waals surface area contributed by atoms with Crippen LogP contribution >= 0.6 is 16.9 Å². The molecule has 2 radical (unpaired) electrons. The van der Waals surface area contributed by atoms with Crippen LogP contribution in [0.1, 0.15) is 50.5 Å². The second kappa shape index (κ2) is 37.2. The van der Waals surface area contributed by atoms with Gasteiger partial charge in [0.25, 0.3) is 0 Å². The van der Waals surface area contributed by atoms with Gasteiger partial charge in [0.15, 0.2) is 0 Å². The standard InChI is InChI=1S/C47H65B4N9O34P2S5/c1-20-27(17-80-97(64,65)66)86-45(32(57-60-54)41(20)95-50-48-62)89-33-21(2)34(88-43(61)26-14-10-7-11-15-26)46(84-23(33)4)91-36-28(18-81-98(67,68)69)87-44(31(56-59-53)38(36)93-100(73,74)75)90-35-24(5)85-47(40(94-101(76,77)78)39(35)79-16-25-12-8-6-9-13-25)92-37-29(19-82-99(70,71)72)83-22(3)30(55-58-52)42(37)96-51-49-63/h6-15,20-24,27-42,44-47,95-96H,16-19H2,1-5H3,(H,64,65,66)(H,67,68,69)(H,70,71,72)(H,73,74,75)(H,76,77,78)/t20-,21+,22+,23?,24?,27?,28?,29?,30?,31?,32?,33+,34?,35-,36-,37-,38-,39-,40?,41+,42-,44+,45+,46+,47+/m1/s1. The zero-order valence-corrected chi connectivity index (χ0v) is 59.1. The number of carbonyl (C=O) groups is 1. The summed E-state index contributed by atoms with van der Waals surface area (Å²) < 4.78 is 292. The number of carbonyl (C=O) groups excluding carboxylic acids is 1. The number of azide groups is 3. The molecule has 2 aromatic carbocycles. The van der Waals surface area contributed by atoms with Gasteiger partial charge in [0.05, 0.1) is 6.61 Å². The minimum absolute atomic E-state index is 0.117. The normalized spacial score (nSPS) is 35.0.